The molecule has 2 atom stereocenters. The third kappa shape index (κ3) is 1.93. The van der Waals surface area contributed by atoms with Gasteiger partial charge in [0, 0.05) is 0 Å². The van der Waals surface area contributed by atoms with E-state index in [1.165, 1.54) is 0 Å². The van der Waals surface area contributed by atoms with E-state index in [2.05, 4.69) is 4.84 Å². The fraction of sp³-hybridized carbons (Fsp3) is 0.833. The van der Waals surface area contributed by atoms with Gasteiger partial charge in [0.15, 0.2) is 0 Å². The van der Waals surface area contributed by atoms with E-state index in [9.17, 15) is 0 Å². The van der Waals surface area contributed by atoms with E-state index >= 15 is 0 Å². The number of hydrogen-bond acceptors (Lipinski definition) is 3. The quantitative estimate of drug-likeness (QED) is 0.491. The van der Waals surface area contributed by atoms with Gasteiger partial charge in [0.05, 0.1) is 12.2 Å². The molecule has 3 nitrogen and oxygen atoms in total. The molecule has 0 saturated heterocycles. The molecule has 0 aromatic carbocycles. The van der Waals surface area contributed by atoms with E-state index < -0.39 is 0 Å². The Hall–Kier alpha value is -0.120. The second kappa shape index (κ2) is 3.15. The zero-order valence-corrected chi connectivity index (χ0v) is 5.29. The van der Waals surface area contributed by atoms with Gasteiger partial charge in [0.25, 0.3) is 0 Å². The van der Waals surface area contributed by atoms with Gasteiger partial charge in [-0.15, -0.1) is 0 Å². The van der Waals surface area contributed by atoms with Crippen LogP contribution in [-0.4, -0.2) is 17.3 Å². The Labute approximate surface area is 54.8 Å². The molecule has 1 fully saturated rings. The molecule has 0 heterocycles. The third-order valence-electron chi connectivity index (χ3n) is 1.63. The summed E-state index contributed by atoms with van der Waals surface area (Å²) in [5.74, 6) is 4.94. The van der Waals surface area contributed by atoms with Crippen LogP contribution >= 0.6 is 0 Å². The van der Waals surface area contributed by atoms with Crippen molar-refractivity contribution in [1.29, 1.82) is 0 Å². The van der Waals surface area contributed by atoms with Crippen molar-refractivity contribution in [2.24, 2.45) is 5.90 Å². The molecule has 0 amide bonds. The number of nitrogens with two attached hydrogens (primary N) is 1. The Balaban J connectivity index is 2.18. The zero-order chi connectivity index (χ0) is 6.69. The number of aliphatic hydroxyl groups excluding tert-OH is 1. The minimum absolute atomic E-state index is 0.0633. The Bertz CT molecular complexity index is 79.1. The first-order valence-corrected chi connectivity index (χ1v) is 3.20. The molecule has 0 aromatic heterocycles. The highest BCUT2D eigenvalue weighted by atomic mass is 16.6. The topological polar surface area (TPSA) is 55.5 Å². The summed E-state index contributed by atoms with van der Waals surface area (Å²) >= 11 is 0. The maximum atomic E-state index is 8.99. The van der Waals surface area contributed by atoms with Crippen LogP contribution in [0.5, 0.6) is 0 Å². The lowest BCUT2D eigenvalue weighted by atomic mass is 9.95. The van der Waals surface area contributed by atoms with Crippen molar-refractivity contribution in [3.05, 3.63) is 6.42 Å². The summed E-state index contributed by atoms with van der Waals surface area (Å²) in [5, 5.41) is 8.99. The van der Waals surface area contributed by atoms with Crippen LogP contribution < -0.4 is 5.90 Å². The van der Waals surface area contributed by atoms with E-state index in [4.69, 9.17) is 11.0 Å². The predicted molar refractivity (Wildman–Crippen MR) is 33.2 cm³/mol. The normalized spacial score (nSPS) is 36.7. The third-order valence-corrected chi connectivity index (χ3v) is 1.63. The largest absolute Gasteiger partial charge is 0.393 e. The van der Waals surface area contributed by atoms with E-state index in [0.717, 1.165) is 12.8 Å². The van der Waals surface area contributed by atoms with Gasteiger partial charge in [-0.2, -0.15) is 0 Å². The zero-order valence-electron chi connectivity index (χ0n) is 5.29. The van der Waals surface area contributed by atoms with Crippen LogP contribution in [0.15, 0.2) is 0 Å². The Morgan fingerprint density at radius 1 is 1.56 bits per heavy atom. The Morgan fingerprint density at radius 2 is 2.33 bits per heavy atom. The van der Waals surface area contributed by atoms with Crippen molar-refractivity contribution in [2.45, 2.75) is 31.5 Å². The molecule has 1 aliphatic rings. The first-order valence-electron chi connectivity index (χ1n) is 3.20. The summed E-state index contributed by atoms with van der Waals surface area (Å²) in [6.45, 7) is 0. The van der Waals surface area contributed by atoms with E-state index in [-0.39, 0.29) is 12.2 Å². The fourth-order valence-corrected chi connectivity index (χ4v) is 1.02. The molecule has 1 rings (SSSR count). The molecular weight excluding hydrogens is 118 g/mol. The molecule has 0 bridgehead atoms. The molecule has 0 aliphatic heterocycles. The highest BCUT2D eigenvalue weighted by molar-refractivity contribution is 4.85. The molecule has 2 unspecified atom stereocenters. The molecule has 9 heavy (non-hydrogen) atoms. The average molecular weight is 130 g/mol. The summed E-state index contributed by atoms with van der Waals surface area (Å²) in [5.41, 5.74) is 0. The molecule has 0 spiro atoms. The van der Waals surface area contributed by atoms with Gasteiger partial charge in [-0.05, 0) is 25.7 Å². The van der Waals surface area contributed by atoms with E-state index in [0.29, 0.717) is 6.42 Å². The van der Waals surface area contributed by atoms with Crippen molar-refractivity contribution in [3.63, 3.8) is 0 Å². The van der Waals surface area contributed by atoms with Gasteiger partial charge < -0.3 is 9.94 Å². The number of rotatable bonds is 1. The van der Waals surface area contributed by atoms with Crippen molar-refractivity contribution >= 4 is 0 Å². The second-order valence-electron chi connectivity index (χ2n) is 2.38. The molecule has 0 aromatic rings. The summed E-state index contributed by atoms with van der Waals surface area (Å²) in [6.07, 6.45) is 4.16. The van der Waals surface area contributed by atoms with Gasteiger partial charge in [-0.3, -0.25) is 0 Å². The van der Waals surface area contributed by atoms with Crippen LogP contribution in [0.1, 0.15) is 19.3 Å². The summed E-state index contributed by atoms with van der Waals surface area (Å²) < 4.78 is 0. The fourth-order valence-electron chi connectivity index (χ4n) is 1.02. The lowest BCUT2D eigenvalue weighted by Gasteiger charge is -2.22. The van der Waals surface area contributed by atoms with E-state index in [1.54, 1.807) is 0 Å². The standard InChI is InChI=1S/C6H12NO2/c7-9-6-3-1-5(8)2-4-6/h3,5-6,8H,1-2,4,7H2. The van der Waals surface area contributed by atoms with Gasteiger partial charge in [-0.1, -0.05) is 0 Å². The van der Waals surface area contributed by atoms with Crippen molar-refractivity contribution in [2.75, 3.05) is 0 Å². The summed E-state index contributed by atoms with van der Waals surface area (Å²) in [7, 11) is 0. The van der Waals surface area contributed by atoms with Gasteiger partial charge >= 0.3 is 0 Å². The summed E-state index contributed by atoms with van der Waals surface area (Å²) in [4.78, 5) is 4.57. The lowest BCUT2D eigenvalue weighted by molar-refractivity contribution is 0.0279. The average Bonchev–Trinajstić information content (AvgIpc) is 1.90. The SMILES string of the molecule is NOC1[CH]CC(O)CC1. The first-order chi connectivity index (χ1) is 4.33. The number of aliphatic hydroxyl groups is 1. The molecule has 3 heteroatoms. The van der Waals surface area contributed by atoms with Gasteiger partial charge in [0.2, 0.25) is 0 Å². The molecule has 1 radical (unpaired) electrons. The maximum absolute atomic E-state index is 8.99. The van der Waals surface area contributed by atoms with Crippen LogP contribution in [0.4, 0.5) is 0 Å². The molecular formula is C6H12NO2. The smallest absolute Gasteiger partial charge is 0.0821 e. The number of hydrogen-bond donors (Lipinski definition) is 2. The van der Waals surface area contributed by atoms with Gasteiger partial charge in [-0.25, -0.2) is 5.90 Å². The minimum atomic E-state index is -0.170. The van der Waals surface area contributed by atoms with Crippen molar-refractivity contribution in [1.82, 2.24) is 0 Å². The highest BCUT2D eigenvalue weighted by Gasteiger charge is 2.18. The van der Waals surface area contributed by atoms with E-state index in [1.807, 2.05) is 6.42 Å². The first kappa shape index (κ1) is 6.99. The minimum Gasteiger partial charge on any atom is -0.393 e. The maximum Gasteiger partial charge on any atom is 0.0821 e. The van der Waals surface area contributed by atoms with Gasteiger partial charge in [0.1, 0.15) is 0 Å². The van der Waals surface area contributed by atoms with Crippen LogP contribution in [0.3, 0.4) is 0 Å². The van der Waals surface area contributed by atoms with Crippen molar-refractivity contribution < 1.29 is 9.94 Å². The Kier molecular flexibility index (Phi) is 2.45. The van der Waals surface area contributed by atoms with Crippen LogP contribution in [-0.2, 0) is 4.84 Å². The van der Waals surface area contributed by atoms with Crippen LogP contribution in [0.2, 0.25) is 0 Å². The highest BCUT2D eigenvalue weighted by Crippen LogP contribution is 2.18. The molecule has 1 saturated carbocycles. The monoisotopic (exact) mass is 130 g/mol. The van der Waals surface area contributed by atoms with Crippen LogP contribution in [0.25, 0.3) is 0 Å². The molecule has 53 valence electrons. The molecule has 1 aliphatic carbocycles. The lowest BCUT2D eigenvalue weighted by Crippen LogP contribution is -2.26. The van der Waals surface area contributed by atoms with Crippen LogP contribution in [0, 0.1) is 6.42 Å². The molecule has 3 N–H and O–H groups in total. The second-order valence-corrected chi connectivity index (χ2v) is 2.38. The summed E-state index contributed by atoms with van der Waals surface area (Å²) in [6, 6.07) is 0. The van der Waals surface area contributed by atoms with Crippen molar-refractivity contribution in [3.8, 4) is 0 Å². The predicted octanol–water partition coefficient (Wildman–Crippen LogP) is -0.00561. The Morgan fingerprint density at radius 3 is 2.78 bits per heavy atom.